The first-order valence-corrected chi connectivity index (χ1v) is 9.62. The van der Waals surface area contributed by atoms with E-state index >= 15 is 0 Å². The highest BCUT2D eigenvalue weighted by molar-refractivity contribution is 9.10. The molecule has 0 radical (unpaired) electrons. The molecular weight excluding hydrogens is 378 g/mol. The Hall–Kier alpha value is -1.37. The van der Waals surface area contributed by atoms with E-state index in [9.17, 15) is 8.42 Å². The van der Waals surface area contributed by atoms with Crippen LogP contribution < -0.4 is 9.46 Å². The van der Waals surface area contributed by atoms with Gasteiger partial charge in [0.05, 0.1) is 11.5 Å². The van der Waals surface area contributed by atoms with Crippen molar-refractivity contribution in [3.05, 3.63) is 58.1 Å². The molecule has 0 saturated carbocycles. The van der Waals surface area contributed by atoms with Crippen molar-refractivity contribution in [3.8, 4) is 5.75 Å². The van der Waals surface area contributed by atoms with E-state index in [2.05, 4.69) is 20.7 Å². The zero-order valence-corrected chi connectivity index (χ0v) is 15.7. The van der Waals surface area contributed by atoms with Gasteiger partial charge in [-0.1, -0.05) is 28.1 Å². The number of hydrogen-bond acceptors (Lipinski definition) is 3. The molecule has 1 N–H and O–H groups in total. The Morgan fingerprint density at radius 3 is 2.57 bits per heavy atom. The predicted octanol–water partition coefficient (Wildman–Crippen LogP) is 4.20. The van der Waals surface area contributed by atoms with Crippen LogP contribution >= 0.6 is 15.9 Å². The normalized spacial score (nSPS) is 12.9. The number of aryl methyl sites for hydroxylation is 1. The van der Waals surface area contributed by atoms with Crippen LogP contribution in [0, 0.1) is 6.92 Å². The molecule has 2 aromatic carbocycles. The average molecular weight is 398 g/mol. The van der Waals surface area contributed by atoms with E-state index in [0.29, 0.717) is 12.4 Å². The first-order chi connectivity index (χ1) is 10.8. The molecule has 0 bridgehead atoms. The van der Waals surface area contributed by atoms with Gasteiger partial charge in [-0.05, 0) is 62.2 Å². The Balaban J connectivity index is 2.23. The third-order valence-corrected chi connectivity index (χ3v) is 5.47. The topological polar surface area (TPSA) is 55.4 Å². The maximum atomic E-state index is 12.6. The standard InChI is InChI=1S/C17H20BrNO3S/c1-4-22-17-9-8-16(10-12(17)2)23(20,21)19-13(3)14-6-5-7-15(18)11-14/h5-11,13,19H,4H2,1-3H3. The zero-order chi connectivity index (χ0) is 17.0. The Labute approximate surface area is 146 Å². The third-order valence-electron chi connectivity index (χ3n) is 3.44. The summed E-state index contributed by atoms with van der Waals surface area (Å²) in [7, 11) is -3.60. The molecule has 4 nitrogen and oxygen atoms in total. The van der Waals surface area contributed by atoms with E-state index in [-0.39, 0.29) is 10.9 Å². The van der Waals surface area contributed by atoms with Gasteiger partial charge < -0.3 is 4.74 Å². The molecule has 0 heterocycles. The lowest BCUT2D eigenvalue weighted by Gasteiger charge is -2.16. The van der Waals surface area contributed by atoms with Crippen LogP contribution in [-0.2, 0) is 10.0 Å². The number of hydrogen-bond donors (Lipinski definition) is 1. The minimum absolute atomic E-state index is 0.236. The quantitative estimate of drug-likeness (QED) is 0.794. The molecule has 23 heavy (non-hydrogen) atoms. The minimum Gasteiger partial charge on any atom is -0.494 e. The van der Waals surface area contributed by atoms with E-state index in [1.807, 2.05) is 45.0 Å². The van der Waals surface area contributed by atoms with Gasteiger partial charge in [0.2, 0.25) is 10.0 Å². The lowest BCUT2D eigenvalue weighted by Crippen LogP contribution is -2.27. The van der Waals surface area contributed by atoms with Crippen LogP contribution in [0.5, 0.6) is 5.75 Å². The number of sulfonamides is 1. The van der Waals surface area contributed by atoms with Crippen LogP contribution in [0.2, 0.25) is 0 Å². The summed E-state index contributed by atoms with van der Waals surface area (Å²) in [6, 6.07) is 12.1. The second kappa shape index (κ2) is 7.47. The van der Waals surface area contributed by atoms with Crippen molar-refractivity contribution >= 4 is 26.0 Å². The first-order valence-electron chi connectivity index (χ1n) is 7.34. The number of nitrogens with one attached hydrogen (secondary N) is 1. The molecule has 6 heteroatoms. The molecule has 0 aliphatic rings. The van der Waals surface area contributed by atoms with E-state index < -0.39 is 10.0 Å². The molecule has 0 aliphatic heterocycles. The molecule has 1 unspecified atom stereocenters. The van der Waals surface area contributed by atoms with E-state index in [1.165, 1.54) is 0 Å². The average Bonchev–Trinajstić information content (AvgIpc) is 2.49. The van der Waals surface area contributed by atoms with Gasteiger partial charge in [-0.2, -0.15) is 0 Å². The van der Waals surface area contributed by atoms with Gasteiger partial charge in [0, 0.05) is 10.5 Å². The summed E-state index contributed by atoms with van der Waals surface area (Å²) < 4.78 is 34.2. The fraction of sp³-hybridized carbons (Fsp3) is 0.294. The molecule has 0 aromatic heterocycles. The lowest BCUT2D eigenvalue weighted by atomic mass is 10.1. The van der Waals surface area contributed by atoms with Crippen LogP contribution in [0.15, 0.2) is 51.8 Å². The highest BCUT2D eigenvalue weighted by Gasteiger charge is 2.19. The van der Waals surface area contributed by atoms with Crippen molar-refractivity contribution in [2.45, 2.75) is 31.7 Å². The maximum Gasteiger partial charge on any atom is 0.241 e. The van der Waals surface area contributed by atoms with E-state index in [4.69, 9.17) is 4.74 Å². The molecule has 2 aromatic rings. The fourth-order valence-electron chi connectivity index (χ4n) is 2.25. The maximum absolute atomic E-state index is 12.6. The smallest absolute Gasteiger partial charge is 0.241 e. The van der Waals surface area contributed by atoms with Crippen molar-refractivity contribution < 1.29 is 13.2 Å². The Morgan fingerprint density at radius 2 is 1.96 bits per heavy atom. The second-order valence-corrected chi connectivity index (χ2v) is 7.89. The lowest BCUT2D eigenvalue weighted by molar-refractivity contribution is 0.337. The van der Waals surface area contributed by atoms with Crippen LogP contribution in [0.25, 0.3) is 0 Å². The van der Waals surface area contributed by atoms with Crippen molar-refractivity contribution in [1.82, 2.24) is 4.72 Å². The summed E-state index contributed by atoms with van der Waals surface area (Å²) in [5, 5.41) is 0. The molecule has 0 spiro atoms. The zero-order valence-electron chi connectivity index (χ0n) is 13.3. The Kier molecular flexibility index (Phi) is 5.84. The summed E-state index contributed by atoms with van der Waals surface area (Å²) in [5.41, 5.74) is 1.69. The van der Waals surface area contributed by atoms with Crippen LogP contribution in [-0.4, -0.2) is 15.0 Å². The van der Waals surface area contributed by atoms with Crippen molar-refractivity contribution in [1.29, 1.82) is 0 Å². The van der Waals surface area contributed by atoms with Crippen molar-refractivity contribution in [2.75, 3.05) is 6.61 Å². The predicted molar refractivity (Wildman–Crippen MR) is 95.2 cm³/mol. The van der Waals surface area contributed by atoms with E-state index in [1.54, 1.807) is 18.2 Å². The number of ether oxygens (including phenoxy) is 1. The summed E-state index contributed by atoms with van der Waals surface area (Å²) in [6.07, 6.45) is 0. The largest absolute Gasteiger partial charge is 0.494 e. The van der Waals surface area contributed by atoms with Gasteiger partial charge in [0.25, 0.3) is 0 Å². The first kappa shape index (κ1) is 18.0. The van der Waals surface area contributed by atoms with Gasteiger partial charge >= 0.3 is 0 Å². The molecule has 124 valence electrons. The van der Waals surface area contributed by atoms with Gasteiger partial charge in [-0.3, -0.25) is 0 Å². The molecule has 2 rings (SSSR count). The summed E-state index contributed by atoms with van der Waals surface area (Å²) in [4.78, 5) is 0.236. The molecule has 0 aliphatic carbocycles. The molecular formula is C17H20BrNO3S. The fourth-order valence-corrected chi connectivity index (χ4v) is 3.98. The van der Waals surface area contributed by atoms with Gasteiger partial charge in [0.15, 0.2) is 0 Å². The van der Waals surface area contributed by atoms with Gasteiger partial charge in [-0.15, -0.1) is 0 Å². The third kappa shape index (κ3) is 4.56. The van der Waals surface area contributed by atoms with Gasteiger partial charge in [0.1, 0.15) is 5.75 Å². The summed E-state index contributed by atoms with van der Waals surface area (Å²) in [5.74, 6) is 0.700. The Morgan fingerprint density at radius 1 is 1.22 bits per heavy atom. The molecule has 0 amide bonds. The molecule has 0 fully saturated rings. The number of benzene rings is 2. The van der Waals surface area contributed by atoms with Crippen molar-refractivity contribution in [2.24, 2.45) is 0 Å². The highest BCUT2D eigenvalue weighted by Crippen LogP contribution is 2.24. The van der Waals surface area contributed by atoms with E-state index in [0.717, 1.165) is 15.6 Å². The van der Waals surface area contributed by atoms with Crippen LogP contribution in [0.3, 0.4) is 0 Å². The van der Waals surface area contributed by atoms with Crippen LogP contribution in [0.1, 0.15) is 31.0 Å². The SMILES string of the molecule is CCOc1ccc(S(=O)(=O)NC(C)c2cccc(Br)c2)cc1C. The molecule has 1 atom stereocenters. The Bertz CT molecular complexity index is 790. The minimum atomic E-state index is -3.60. The number of halogens is 1. The summed E-state index contributed by atoms with van der Waals surface area (Å²) in [6.45, 7) is 6.10. The van der Waals surface area contributed by atoms with Gasteiger partial charge in [-0.25, -0.2) is 13.1 Å². The van der Waals surface area contributed by atoms with Crippen LogP contribution in [0.4, 0.5) is 0 Å². The van der Waals surface area contributed by atoms with Crippen molar-refractivity contribution in [3.63, 3.8) is 0 Å². The highest BCUT2D eigenvalue weighted by atomic mass is 79.9. The monoisotopic (exact) mass is 397 g/mol. The number of rotatable bonds is 6. The summed E-state index contributed by atoms with van der Waals surface area (Å²) >= 11 is 3.40. The second-order valence-electron chi connectivity index (χ2n) is 5.26. The molecule has 0 saturated heterocycles.